The molecule has 1 unspecified atom stereocenters. The molecular weight excluding hydrogens is 166 g/mol. The molecule has 1 atom stereocenters. The van der Waals surface area contributed by atoms with Gasteiger partial charge in [0.15, 0.2) is 0 Å². The first kappa shape index (κ1) is 8.89. The molecule has 0 radical (unpaired) electrons. The highest BCUT2D eigenvalue weighted by atomic mass is 32.2. The van der Waals surface area contributed by atoms with Gasteiger partial charge in [-0.05, 0) is 38.0 Å². The Kier molecular flexibility index (Phi) is 2.39. The minimum Gasteiger partial charge on any atom is -0.302 e. The molecule has 0 aromatic carbocycles. The second-order valence-corrected chi connectivity index (χ2v) is 5.79. The largest absolute Gasteiger partial charge is 0.302 e. The SMILES string of the molecule is CSC1(CN2CCC(C)C2)CC1. The van der Waals surface area contributed by atoms with Gasteiger partial charge in [-0.3, -0.25) is 0 Å². The van der Waals surface area contributed by atoms with Crippen molar-refractivity contribution in [1.29, 1.82) is 0 Å². The molecule has 1 aliphatic carbocycles. The fraction of sp³-hybridized carbons (Fsp3) is 1.00. The van der Waals surface area contributed by atoms with Gasteiger partial charge in [0.25, 0.3) is 0 Å². The molecule has 0 bridgehead atoms. The number of likely N-dealkylation sites (tertiary alicyclic amines) is 1. The zero-order valence-corrected chi connectivity index (χ0v) is 8.99. The zero-order valence-electron chi connectivity index (χ0n) is 8.18. The van der Waals surface area contributed by atoms with Crippen LogP contribution in [0.3, 0.4) is 0 Å². The predicted molar refractivity (Wildman–Crippen MR) is 55.7 cm³/mol. The summed E-state index contributed by atoms with van der Waals surface area (Å²) >= 11 is 2.08. The van der Waals surface area contributed by atoms with E-state index in [0.717, 1.165) is 5.92 Å². The van der Waals surface area contributed by atoms with Crippen LogP contribution in [0, 0.1) is 5.92 Å². The van der Waals surface area contributed by atoms with Gasteiger partial charge in [-0.25, -0.2) is 0 Å². The Morgan fingerprint density at radius 3 is 2.67 bits per heavy atom. The van der Waals surface area contributed by atoms with Gasteiger partial charge >= 0.3 is 0 Å². The lowest BCUT2D eigenvalue weighted by Gasteiger charge is -2.21. The Bertz CT molecular complexity index is 165. The van der Waals surface area contributed by atoms with E-state index in [2.05, 4.69) is 29.8 Å². The van der Waals surface area contributed by atoms with Crippen LogP contribution in [0.2, 0.25) is 0 Å². The van der Waals surface area contributed by atoms with E-state index in [1.54, 1.807) is 0 Å². The molecule has 2 aliphatic rings. The maximum absolute atomic E-state index is 2.66. The lowest BCUT2D eigenvalue weighted by atomic mass is 10.2. The van der Waals surface area contributed by atoms with Gasteiger partial charge in [-0.15, -0.1) is 0 Å². The summed E-state index contributed by atoms with van der Waals surface area (Å²) in [5.74, 6) is 0.947. The van der Waals surface area contributed by atoms with Crippen LogP contribution in [0.5, 0.6) is 0 Å². The first-order valence-corrected chi connectivity index (χ1v) is 6.24. The van der Waals surface area contributed by atoms with Gasteiger partial charge in [-0.1, -0.05) is 6.92 Å². The Labute approximate surface area is 79.9 Å². The van der Waals surface area contributed by atoms with Gasteiger partial charge in [0.1, 0.15) is 0 Å². The Morgan fingerprint density at radius 1 is 1.50 bits per heavy atom. The fourth-order valence-electron chi connectivity index (χ4n) is 2.14. The van der Waals surface area contributed by atoms with E-state index in [1.165, 1.54) is 38.9 Å². The highest BCUT2D eigenvalue weighted by Gasteiger charge is 2.43. The summed E-state index contributed by atoms with van der Waals surface area (Å²) in [6.45, 7) is 6.43. The Morgan fingerprint density at radius 2 is 2.25 bits per heavy atom. The molecule has 0 spiro atoms. The summed E-state index contributed by atoms with van der Waals surface area (Å²) in [4.78, 5) is 2.66. The summed E-state index contributed by atoms with van der Waals surface area (Å²) < 4.78 is 0.685. The van der Waals surface area contributed by atoms with E-state index in [4.69, 9.17) is 0 Å². The standard InChI is InChI=1S/C10H19NS/c1-9-3-6-11(7-9)8-10(12-2)4-5-10/h9H,3-8H2,1-2H3. The van der Waals surface area contributed by atoms with Crippen LogP contribution in [0.4, 0.5) is 0 Å². The van der Waals surface area contributed by atoms with Crippen molar-refractivity contribution in [2.75, 3.05) is 25.9 Å². The monoisotopic (exact) mass is 185 g/mol. The van der Waals surface area contributed by atoms with Crippen molar-refractivity contribution in [3.63, 3.8) is 0 Å². The van der Waals surface area contributed by atoms with E-state index < -0.39 is 0 Å². The van der Waals surface area contributed by atoms with Crippen molar-refractivity contribution < 1.29 is 0 Å². The third-order valence-corrected chi connectivity index (χ3v) is 4.66. The van der Waals surface area contributed by atoms with Crippen molar-refractivity contribution in [1.82, 2.24) is 4.90 Å². The van der Waals surface area contributed by atoms with Crippen molar-refractivity contribution in [3.05, 3.63) is 0 Å². The number of rotatable bonds is 3. The number of hydrogen-bond acceptors (Lipinski definition) is 2. The summed E-state index contributed by atoms with van der Waals surface area (Å²) in [6, 6.07) is 0. The second kappa shape index (κ2) is 3.22. The molecule has 1 saturated carbocycles. The number of thioether (sulfide) groups is 1. The maximum atomic E-state index is 2.66. The van der Waals surface area contributed by atoms with Crippen LogP contribution in [0.15, 0.2) is 0 Å². The average Bonchev–Trinajstić information content (AvgIpc) is 2.71. The van der Waals surface area contributed by atoms with E-state index in [-0.39, 0.29) is 0 Å². The van der Waals surface area contributed by atoms with Crippen LogP contribution in [-0.2, 0) is 0 Å². The lowest BCUT2D eigenvalue weighted by Crippen LogP contribution is -2.29. The van der Waals surface area contributed by atoms with Crippen molar-refractivity contribution in [2.45, 2.75) is 30.9 Å². The quantitative estimate of drug-likeness (QED) is 0.663. The Balaban J connectivity index is 1.80. The molecule has 0 aromatic heterocycles. The van der Waals surface area contributed by atoms with Gasteiger partial charge in [0, 0.05) is 17.8 Å². The van der Waals surface area contributed by atoms with E-state index in [9.17, 15) is 0 Å². The van der Waals surface area contributed by atoms with Crippen LogP contribution in [0.25, 0.3) is 0 Å². The molecule has 0 amide bonds. The highest BCUT2D eigenvalue weighted by Crippen LogP contribution is 2.48. The van der Waals surface area contributed by atoms with Crippen molar-refractivity contribution in [2.24, 2.45) is 5.92 Å². The zero-order chi connectivity index (χ0) is 8.60. The highest BCUT2D eigenvalue weighted by molar-refractivity contribution is 8.00. The number of hydrogen-bond donors (Lipinski definition) is 0. The van der Waals surface area contributed by atoms with Gasteiger partial charge in [-0.2, -0.15) is 11.8 Å². The molecule has 1 nitrogen and oxygen atoms in total. The summed E-state index contributed by atoms with van der Waals surface area (Å²) in [6.07, 6.45) is 6.61. The van der Waals surface area contributed by atoms with E-state index in [1.807, 2.05) is 0 Å². The van der Waals surface area contributed by atoms with E-state index in [0.29, 0.717) is 4.75 Å². The molecule has 0 N–H and O–H groups in total. The molecule has 0 aromatic rings. The van der Waals surface area contributed by atoms with Gasteiger partial charge in [0.2, 0.25) is 0 Å². The van der Waals surface area contributed by atoms with Crippen molar-refractivity contribution >= 4 is 11.8 Å². The minimum atomic E-state index is 0.685. The second-order valence-electron chi connectivity index (χ2n) is 4.52. The minimum absolute atomic E-state index is 0.685. The molecule has 70 valence electrons. The van der Waals surface area contributed by atoms with E-state index >= 15 is 0 Å². The molecule has 2 heteroatoms. The molecule has 2 fully saturated rings. The first-order valence-electron chi connectivity index (χ1n) is 5.02. The average molecular weight is 185 g/mol. The molecule has 2 rings (SSSR count). The maximum Gasteiger partial charge on any atom is 0.0285 e. The molecule has 1 heterocycles. The lowest BCUT2D eigenvalue weighted by molar-refractivity contribution is 0.324. The number of nitrogens with zero attached hydrogens (tertiary/aromatic N) is 1. The molecule has 1 aliphatic heterocycles. The van der Waals surface area contributed by atoms with Crippen LogP contribution in [0.1, 0.15) is 26.2 Å². The van der Waals surface area contributed by atoms with Crippen LogP contribution >= 0.6 is 11.8 Å². The fourth-order valence-corrected chi connectivity index (χ4v) is 2.97. The third kappa shape index (κ3) is 1.80. The summed E-state index contributed by atoms with van der Waals surface area (Å²) in [7, 11) is 0. The predicted octanol–water partition coefficient (Wildman–Crippen LogP) is 2.22. The normalized spacial score (nSPS) is 34.0. The van der Waals surface area contributed by atoms with Crippen molar-refractivity contribution in [3.8, 4) is 0 Å². The van der Waals surface area contributed by atoms with Crippen LogP contribution < -0.4 is 0 Å². The van der Waals surface area contributed by atoms with Gasteiger partial charge in [0.05, 0.1) is 0 Å². The third-order valence-electron chi connectivity index (χ3n) is 3.26. The molecule has 1 saturated heterocycles. The van der Waals surface area contributed by atoms with Gasteiger partial charge < -0.3 is 4.90 Å². The molecule has 12 heavy (non-hydrogen) atoms. The summed E-state index contributed by atoms with van der Waals surface area (Å²) in [5, 5.41) is 0. The summed E-state index contributed by atoms with van der Waals surface area (Å²) in [5.41, 5.74) is 0. The molecular formula is C10H19NS. The Hall–Kier alpha value is 0.310. The first-order chi connectivity index (χ1) is 5.74. The van der Waals surface area contributed by atoms with Crippen LogP contribution in [-0.4, -0.2) is 35.5 Å². The smallest absolute Gasteiger partial charge is 0.0285 e. The topological polar surface area (TPSA) is 3.24 Å².